The Kier molecular flexibility index (Phi) is 7.82. The van der Waals surface area contributed by atoms with Crippen molar-refractivity contribution in [2.45, 2.75) is 13.8 Å². The lowest BCUT2D eigenvalue weighted by Gasteiger charge is -2.15. The molecular formula is C21H27N2O4+. The predicted octanol–water partition coefficient (Wildman–Crippen LogP) is 2.03. The van der Waals surface area contributed by atoms with Crippen LogP contribution in [0.5, 0.6) is 5.75 Å². The lowest BCUT2D eigenvalue weighted by molar-refractivity contribution is -0.896. The van der Waals surface area contributed by atoms with Gasteiger partial charge in [-0.1, -0.05) is 12.1 Å². The molecule has 0 radical (unpaired) electrons. The van der Waals surface area contributed by atoms with Gasteiger partial charge in [0.2, 0.25) is 0 Å². The maximum absolute atomic E-state index is 12.4. The number of esters is 1. The highest BCUT2D eigenvalue weighted by Crippen LogP contribution is 2.19. The van der Waals surface area contributed by atoms with Gasteiger partial charge in [-0.05, 0) is 50.2 Å². The molecule has 6 heteroatoms. The van der Waals surface area contributed by atoms with Crippen molar-refractivity contribution >= 4 is 17.6 Å². The normalized spacial score (nSPS) is 10.5. The fourth-order valence-corrected chi connectivity index (χ4v) is 2.70. The van der Waals surface area contributed by atoms with Crippen LogP contribution in [0, 0.1) is 0 Å². The molecule has 2 aromatic carbocycles. The van der Waals surface area contributed by atoms with Crippen LogP contribution in [-0.2, 0) is 4.74 Å². The first-order chi connectivity index (χ1) is 13.1. The van der Waals surface area contributed by atoms with Gasteiger partial charge in [-0.15, -0.1) is 0 Å². The van der Waals surface area contributed by atoms with Crippen molar-refractivity contribution in [1.82, 2.24) is 0 Å². The molecule has 0 aliphatic rings. The van der Waals surface area contributed by atoms with Gasteiger partial charge in [0.1, 0.15) is 18.9 Å². The van der Waals surface area contributed by atoms with Crippen LogP contribution in [0.2, 0.25) is 0 Å². The van der Waals surface area contributed by atoms with Crippen LogP contribution in [0.3, 0.4) is 0 Å². The summed E-state index contributed by atoms with van der Waals surface area (Å²) < 4.78 is 10.5. The first kappa shape index (κ1) is 20.5. The van der Waals surface area contributed by atoms with Gasteiger partial charge in [0, 0.05) is 5.69 Å². The number of amides is 1. The Morgan fingerprint density at radius 2 is 1.67 bits per heavy atom. The van der Waals surface area contributed by atoms with E-state index in [1.54, 1.807) is 48.5 Å². The van der Waals surface area contributed by atoms with E-state index in [4.69, 9.17) is 9.47 Å². The maximum Gasteiger partial charge on any atom is 0.338 e. The maximum atomic E-state index is 12.4. The molecule has 0 unspecified atom stereocenters. The monoisotopic (exact) mass is 371 g/mol. The van der Waals surface area contributed by atoms with Crippen molar-refractivity contribution in [3.05, 3.63) is 59.7 Å². The molecule has 2 aromatic rings. The van der Waals surface area contributed by atoms with E-state index in [1.807, 2.05) is 0 Å². The van der Waals surface area contributed by atoms with E-state index in [1.165, 1.54) is 12.0 Å². The summed E-state index contributed by atoms with van der Waals surface area (Å²) in [5, 5.41) is 2.80. The Morgan fingerprint density at radius 1 is 1.00 bits per heavy atom. The Bertz CT molecular complexity index is 755. The van der Waals surface area contributed by atoms with Crippen LogP contribution in [0.15, 0.2) is 48.5 Å². The van der Waals surface area contributed by atoms with Crippen molar-refractivity contribution in [3.8, 4) is 5.75 Å². The van der Waals surface area contributed by atoms with Crippen molar-refractivity contribution < 1.29 is 24.0 Å². The van der Waals surface area contributed by atoms with Gasteiger partial charge in [0.15, 0.2) is 0 Å². The summed E-state index contributed by atoms with van der Waals surface area (Å²) in [6.45, 7) is 7.43. The Balaban J connectivity index is 1.92. The summed E-state index contributed by atoms with van der Waals surface area (Å²) in [6.07, 6.45) is 0. The quantitative estimate of drug-likeness (QED) is 0.662. The first-order valence-electron chi connectivity index (χ1n) is 9.14. The molecule has 0 spiro atoms. The fourth-order valence-electron chi connectivity index (χ4n) is 2.70. The summed E-state index contributed by atoms with van der Waals surface area (Å²) >= 11 is 0. The van der Waals surface area contributed by atoms with Gasteiger partial charge >= 0.3 is 5.97 Å². The highest BCUT2D eigenvalue weighted by atomic mass is 16.5. The highest BCUT2D eigenvalue weighted by Gasteiger charge is 2.13. The summed E-state index contributed by atoms with van der Waals surface area (Å²) in [5.41, 5.74) is 1.50. The average Bonchev–Trinajstić information content (AvgIpc) is 2.71. The molecule has 0 bridgehead atoms. The van der Waals surface area contributed by atoms with Gasteiger partial charge in [-0.3, -0.25) is 4.79 Å². The first-order valence-corrected chi connectivity index (χ1v) is 9.14. The zero-order valence-electron chi connectivity index (χ0n) is 16.1. The van der Waals surface area contributed by atoms with Crippen LogP contribution in [0.4, 0.5) is 5.69 Å². The number of benzene rings is 2. The van der Waals surface area contributed by atoms with Gasteiger partial charge in [-0.2, -0.15) is 0 Å². The second kappa shape index (κ2) is 10.3. The number of carbonyl (C=O) groups excluding carboxylic acids is 2. The van der Waals surface area contributed by atoms with Gasteiger partial charge in [0.05, 0.1) is 31.3 Å². The second-order valence-electron chi connectivity index (χ2n) is 6.07. The van der Waals surface area contributed by atoms with Crippen molar-refractivity contribution in [2.24, 2.45) is 0 Å². The number of methoxy groups -OCH3 is 1. The number of rotatable bonds is 9. The Labute approximate surface area is 160 Å². The number of quaternary nitrogens is 1. The number of ether oxygens (including phenoxy) is 2. The van der Waals surface area contributed by atoms with E-state index in [9.17, 15) is 9.59 Å². The molecule has 1 amide bonds. The number of likely N-dealkylation sites (N-methyl/N-ethyl adjacent to an activating group) is 1. The zero-order valence-corrected chi connectivity index (χ0v) is 16.1. The van der Waals surface area contributed by atoms with E-state index in [0.29, 0.717) is 29.2 Å². The number of nitrogens with one attached hydrogen (secondary N) is 2. The SMILES string of the molecule is CC[NH+](CC)CCOC(=O)c1ccc(NC(=O)c2ccccc2OC)cc1. The minimum atomic E-state index is -0.357. The molecule has 0 aliphatic carbocycles. The third-order valence-corrected chi connectivity index (χ3v) is 4.42. The van der Waals surface area contributed by atoms with E-state index < -0.39 is 0 Å². The molecule has 0 aromatic heterocycles. The molecule has 0 fully saturated rings. The van der Waals surface area contributed by atoms with Gasteiger partial charge < -0.3 is 19.7 Å². The molecular weight excluding hydrogens is 344 g/mol. The van der Waals surface area contributed by atoms with Crippen molar-refractivity contribution in [2.75, 3.05) is 38.7 Å². The number of anilines is 1. The zero-order chi connectivity index (χ0) is 19.6. The highest BCUT2D eigenvalue weighted by molar-refractivity contribution is 6.06. The molecule has 0 aliphatic heterocycles. The van der Waals surface area contributed by atoms with E-state index >= 15 is 0 Å². The van der Waals surface area contributed by atoms with Crippen LogP contribution >= 0.6 is 0 Å². The van der Waals surface area contributed by atoms with Crippen molar-refractivity contribution in [3.63, 3.8) is 0 Å². The number of carbonyl (C=O) groups is 2. The number of para-hydroxylation sites is 1. The lowest BCUT2D eigenvalue weighted by atomic mass is 10.1. The molecule has 2 rings (SSSR count). The summed E-state index contributed by atoms with van der Waals surface area (Å²) in [6, 6.07) is 13.6. The topological polar surface area (TPSA) is 69.1 Å². The molecule has 0 heterocycles. The lowest BCUT2D eigenvalue weighted by Crippen LogP contribution is -3.11. The second-order valence-corrected chi connectivity index (χ2v) is 6.07. The van der Waals surface area contributed by atoms with Crippen LogP contribution < -0.4 is 15.0 Å². The average molecular weight is 371 g/mol. The fraction of sp³-hybridized carbons (Fsp3) is 0.333. The number of hydrogen-bond acceptors (Lipinski definition) is 4. The molecule has 0 saturated heterocycles. The van der Waals surface area contributed by atoms with Crippen LogP contribution in [0.25, 0.3) is 0 Å². The molecule has 27 heavy (non-hydrogen) atoms. The molecule has 144 valence electrons. The van der Waals surface area contributed by atoms with Gasteiger partial charge in [0.25, 0.3) is 5.91 Å². The minimum absolute atomic E-state index is 0.273. The van der Waals surface area contributed by atoms with Crippen LogP contribution in [0.1, 0.15) is 34.6 Å². The number of hydrogen-bond donors (Lipinski definition) is 2. The third kappa shape index (κ3) is 5.82. The molecule has 6 nitrogen and oxygen atoms in total. The largest absolute Gasteiger partial charge is 0.496 e. The molecule has 2 N–H and O–H groups in total. The smallest absolute Gasteiger partial charge is 0.338 e. The summed E-state index contributed by atoms with van der Waals surface area (Å²) in [5.74, 6) is -0.125. The molecule has 0 saturated carbocycles. The third-order valence-electron chi connectivity index (χ3n) is 4.42. The standard InChI is InChI=1S/C21H26N2O4/c1-4-23(5-2)14-15-27-21(25)16-10-12-17(13-11-16)22-20(24)18-8-6-7-9-19(18)26-3/h6-13H,4-5,14-15H2,1-3H3,(H,22,24)/p+1. The predicted molar refractivity (Wildman–Crippen MR) is 105 cm³/mol. The van der Waals surface area contributed by atoms with E-state index in [-0.39, 0.29) is 11.9 Å². The van der Waals surface area contributed by atoms with E-state index in [0.717, 1.165) is 19.6 Å². The van der Waals surface area contributed by atoms with Gasteiger partial charge in [-0.25, -0.2) is 4.79 Å². The van der Waals surface area contributed by atoms with Crippen molar-refractivity contribution in [1.29, 1.82) is 0 Å². The molecule has 0 atom stereocenters. The summed E-state index contributed by atoms with van der Waals surface area (Å²) in [4.78, 5) is 25.9. The van der Waals surface area contributed by atoms with Crippen LogP contribution in [-0.4, -0.2) is 45.2 Å². The van der Waals surface area contributed by atoms with E-state index in [2.05, 4.69) is 19.2 Å². The Morgan fingerprint density at radius 3 is 2.30 bits per heavy atom. The minimum Gasteiger partial charge on any atom is -0.496 e. The Hall–Kier alpha value is -2.86. The summed E-state index contributed by atoms with van der Waals surface area (Å²) in [7, 11) is 1.52.